The minimum atomic E-state index is 0.431. The largest absolute Gasteiger partial charge is 0.351 e. The van der Waals surface area contributed by atoms with Crippen LogP contribution >= 0.6 is 0 Å². The lowest BCUT2D eigenvalue weighted by molar-refractivity contribution is 0.565. The average Bonchev–Trinajstić information content (AvgIpc) is 2.38. The highest BCUT2D eigenvalue weighted by Gasteiger charge is 1.97. The zero-order valence-electron chi connectivity index (χ0n) is 6.12. The van der Waals surface area contributed by atoms with E-state index < -0.39 is 0 Å². The van der Waals surface area contributed by atoms with Gasteiger partial charge in [-0.15, -0.1) is 12.3 Å². The van der Waals surface area contributed by atoms with Crippen LogP contribution in [-0.2, 0) is 0 Å². The summed E-state index contributed by atoms with van der Waals surface area (Å²) in [5.41, 5.74) is 0. The van der Waals surface area contributed by atoms with Crippen LogP contribution in [0.2, 0.25) is 0 Å². The summed E-state index contributed by atoms with van der Waals surface area (Å²) in [6, 6.07) is 4.44. The Kier molecular flexibility index (Phi) is 2.17. The molecule has 0 fully saturated rings. The van der Waals surface area contributed by atoms with E-state index in [1.165, 1.54) is 0 Å². The second-order valence-electron chi connectivity index (χ2n) is 2.39. The molecule has 1 aromatic rings. The fourth-order valence-electron chi connectivity index (χ4n) is 0.918. The topological polar surface area (TPSA) is 4.93 Å². The lowest BCUT2D eigenvalue weighted by atomic mass is 10.2. The number of hydrogen-bond donors (Lipinski definition) is 0. The summed E-state index contributed by atoms with van der Waals surface area (Å²) >= 11 is 0. The standard InChI is InChI=1S/C9H11N/c1-3-6-9(2)10-7-4-5-8-10/h1,4-5,7-9H,6H2,2H3. The van der Waals surface area contributed by atoms with E-state index in [2.05, 4.69) is 17.4 Å². The zero-order chi connectivity index (χ0) is 7.40. The molecule has 0 bridgehead atoms. The fourth-order valence-corrected chi connectivity index (χ4v) is 0.918. The Hall–Kier alpha value is -1.16. The van der Waals surface area contributed by atoms with Crippen molar-refractivity contribution in [1.82, 2.24) is 4.57 Å². The van der Waals surface area contributed by atoms with E-state index in [0.717, 1.165) is 6.42 Å². The van der Waals surface area contributed by atoms with Gasteiger partial charge in [-0.05, 0) is 19.1 Å². The van der Waals surface area contributed by atoms with Gasteiger partial charge in [0.2, 0.25) is 0 Å². The highest BCUT2D eigenvalue weighted by atomic mass is 15.0. The molecule has 1 heteroatoms. The molecular formula is C9H11N. The maximum atomic E-state index is 5.17. The Bertz CT molecular complexity index is 215. The summed E-state index contributed by atoms with van der Waals surface area (Å²) in [6.45, 7) is 2.11. The molecule has 0 aromatic carbocycles. The van der Waals surface area contributed by atoms with Gasteiger partial charge in [-0.1, -0.05) is 0 Å². The van der Waals surface area contributed by atoms with Crippen LogP contribution in [-0.4, -0.2) is 4.57 Å². The Morgan fingerprint density at radius 1 is 1.50 bits per heavy atom. The quantitative estimate of drug-likeness (QED) is 0.544. The fraction of sp³-hybridized carbons (Fsp3) is 0.333. The first-order chi connectivity index (χ1) is 4.84. The van der Waals surface area contributed by atoms with Crippen molar-refractivity contribution in [2.45, 2.75) is 19.4 Å². The predicted octanol–water partition coefficient (Wildman–Crippen LogP) is 2.07. The second kappa shape index (κ2) is 3.12. The first-order valence-corrected chi connectivity index (χ1v) is 3.40. The molecular weight excluding hydrogens is 122 g/mol. The average molecular weight is 133 g/mol. The summed E-state index contributed by atoms with van der Waals surface area (Å²) in [7, 11) is 0. The second-order valence-corrected chi connectivity index (χ2v) is 2.39. The lowest BCUT2D eigenvalue weighted by Gasteiger charge is -2.08. The highest BCUT2D eigenvalue weighted by Crippen LogP contribution is 2.08. The lowest BCUT2D eigenvalue weighted by Crippen LogP contribution is -1.99. The summed E-state index contributed by atoms with van der Waals surface area (Å²) in [5.74, 6) is 2.63. The van der Waals surface area contributed by atoms with Gasteiger partial charge in [0.15, 0.2) is 0 Å². The molecule has 0 saturated carbocycles. The summed E-state index contributed by atoms with van der Waals surface area (Å²) in [5, 5.41) is 0. The molecule has 1 unspecified atom stereocenters. The molecule has 0 saturated heterocycles. The highest BCUT2D eigenvalue weighted by molar-refractivity contribution is 4.95. The third-order valence-electron chi connectivity index (χ3n) is 1.55. The van der Waals surface area contributed by atoms with Crippen molar-refractivity contribution in [2.75, 3.05) is 0 Å². The van der Waals surface area contributed by atoms with Crippen LogP contribution in [0.4, 0.5) is 0 Å². The molecule has 0 aliphatic carbocycles. The molecule has 1 rings (SSSR count). The van der Waals surface area contributed by atoms with E-state index in [1.807, 2.05) is 24.5 Å². The van der Waals surface area contributed by atoms with Crippen molar-refractivity contribution in [3.05, 3.63) is 24.5 Å². The molecule has 1 aromatic heterocycles. The van der Waals surface area contributed by atoms with E-state index in [-0.39, 0.29) is 0 Å². The first kappa shape index (κ1) is 6.95. The van der Waals surface area contributed by atoms with Crippen molar-refractivity contribution < 1.29 is 0 Å². The van der Waals surface area contributed by atoms with Gasteiger partial charge >= 0.3 is 0 Å². The van der Waals surface area contributed by atoms with Gasteiger partial charge in [0.05, 0.1) is 0 Å². The third kappa shape index (κ3) is 1.41. The van der Waals surface area contributed by atoms with Gasteiger partial charge in [0.1, 0.15) is 0 Å². The monoisotopic (exact) mass is 133 g/mol. The Morgan fingerprint density at radius 3 is 2.60 bits per heavy atom. The van der Waals surface area contributed by atoms with E-state index in [9.17, 15) is 0 Å². The van der Waals surface area contributed by atoms with Gasteiger partial charge in [-0.2, -0.15) is 0 Å². The molecule has 52 valence electrons. The van der Waals surface area contributed by atoms with Gasteiger partial charge in [-0.3, -0.25) is 0 Å². The van der Waals surface area contributed by atoms with E-state index >= 15 is 0 Å². The molecule has 1 heterocycles. The molecule has 0 amide bonds. The smallest absolute Gasteiger partial charge is 0.0411 e. The minimum absolute atomic E-state index is 0.431. The number of rotatable bonds is 2. The minimum Gasteiger partial charge on any atom is -0.351 e. The van der Waals surface area contributed by atoms with Crippen LogP contribution in [0.1, 0.15) is 19.4 Å². The summed E-state index contributed by atoms with van der Waals surface area (Å²) in [6.07, 6.45) is 10.0. The molecule has 0 aliphatic rings. The van der Waals surface area contributed by atoms with Gasteiger partial charge in [0.25, 0.3) is 0 Å². The number of terminal acetylenes is 1. The summed E-state index contributed by atoms with van der Waals surface area (Å²) < 4.78 is 2.11. The van der Waals surface area contributed by atoms with Crippen molar-refractivity contribution >= 4 is 0 Å². The molecule has 10 heavy (non-hydrogen) atoms. The van der Waals surface area contributed by atoms with Crippen molar-refractivity contribution in [2.24, 2.45) is 0 Å². The van der Waals surface area contributed by atoms with Crippen molar-refractivity contribution in [1.29, 1.82) is 0 Å². The normalized spacial score (nSPS) is 12.4. The maximum Gasteiger partial charge on any atom is 0.0411 e. The Morgan fingerprint density at radius 2 is 2.10 bits per heavy atom. The Balaban J connectivity index is 2.61. The van der Waals surface area contributed by atoms with E-state index in [0.29, 0.717) is 6.04 Å². The van der Waals surface area contributed by atoms with Crippen LogP contribution in [0.25, 0.3) is 0 Å². The molecule has 0 aliphatic heterocycles. The van der Waals surface area contributed by atoms with Crippen LogP contribution in [0.15, 0.2) is 24.5 Å². The Labute approximate surface area is 61.7 Å². The van der Waals surface area contributed by atoms with Crippen LogP contribution in [0.3, 0.4) is 0 Å². The maximum absolute atomic E-state index is 5.17. The zero-order valence-corrected chi connectivity index (χ0v) is 6.12. The SMILES string of the molecule is C#CCC(C)n1cccc1. The number of nitrogens with zero attached hydrogens (tertiary/aromatic N) is 1. The van der Waals surface area contributed by atoms with E-state index in [1.54, 1.807) is 0 Å². The number of aromatic nitrogens is 1. The third-order valence-corrected chi connectivity index (χ3v) is 1.55. The van der Waals surface area contributed by atoms with E-state index in [4.69, 9.17) is 6.42 Å². The van der Waals surface area contributed by atoms with Crippen LogP contribution in [0.5, 0.6) is 0 Å². The van der Waals surface area contributed by atoms with Crippen molar-refractivity contribution in [3.63, 3.8) is 0 Å². The van der Waals surface area contributed by atoms with Gasteiger partial charge in [0, 0.05) is 24.9 Å². The molecule has 1 atom stereocenters. The number of hydrogen-bond acceptors (Lipinski definition) is 0. The predicted molar refractivity (Wildman–Crippen MR) is 42.6 cm³/mol. The van der Waals surface area contributed by atoms with Crippen LogP contribution < -0.4 is 0 Å². The van der Waals surface area contributed by atoms with Crippen LogP contribution in [0, 0.1) is 12.3 Å². The van der Waals surface area contributed by atoms with Crippen molar-refractivity contribution in [3.8, 4) is 12.3 Å². The molecule has 0 spiro atoms. The van der Waals surface area contributed by atoms with Gasteiger partial charge in [-0.25, -0.2) is 0 Å². The first-order valence-electron chi connectivity index (χ1n) is 3.40. The molecule has 0 radical (unpaired) electrons. The molecule has 1 nitrogen and oxygen atoms in total. The summed E-state index contributed by atoms with van der Waals surface area (Å²) in [4.78, 5) is 0. The van der Waals surface area contributed by atoms with Gasteiger partial charge < -0.3 is 4.57 Å². The molecule has 0 N–H and O–H groups in total.